The number of aromatic nitrogens is 2. The molecule has 126 valence electrons. The van der Waals surface area contributed by atoms with Gasteiger partial charge in [-0.05, 0) is 31.4 Å². The van der Waals surface area contributed by atoms with Gasteiger partial charge < -0.3 is 10.0 Å². The zero-order valence-electron chi connectivity index (χ0n) is 13.6. The van der Waals surface area contributed by atoms with Crippen LogP contribution in [-0.4, -0.2) is 39.2 Å². The van der Waals surface area contributed by atoms with Crippen LogP contribution < -0.4 is 4.90 Å². The van der Waals surface area contributed by atoms with E-state index in [4.69, 9.17) is 0 Å². The molecule has 1 N–H and O–H groups in total. The van der Waals surface area contributed by atoms with E-state index in [1.807, 2.05) is 13.0 Å². The minimum absolute atomic E-state index is 0.0515. The molecule has 1 aliphatic heterocycles. The maximum Gasteiger partial charge on any atom is 0.269 e. The summed E-state index contributed by atoms with van der Waals surface area (Å²) >= 11 is 0. The molecule has 1 aromatic carbocycles. The molecule has 0 saturated carbocycles. The number of hydrogen-bond donors (Lipinski definition) is 1. The van der Waals surface area contributed by atoms with Gasteiger partial charge in [0, 0.05) is 42.5 Å². The SMILES string of the molecule is CCc1cc(N2CCC(O)CC2)nc(-c2ccc([N+](=O)[O-])cc2)n1. The fourth-order valence-electron chi connectivity index (χ4n) is 2.78. The Kier molecular flexibility index (Phi) is 4.71. The quantitative estimate of drug-likeness (QED) is 0.685. The largest absolute Gasteiger partial charge is 0.393 e. The number of piperidine rings is 1. The average Bonchev–Trinajstić information content (AvgIpc) is 2.62. The predicted molar refractivity (Wildman–Crippen MR) is 91.0 cm³/mol. The Balaban J connectivity index is 1.92. The second-order valence-electron chi connectivity index (χ2n) is 5.92. The minimum atomic E-state index is -0.419. The van der Waals surface area contributed by atoms with Gasteiger partial charge in [-0.15, -0.1) is 0 Å². The van der Waals surface area contributed by atoms with Crippen LogP contribution in [0.2, 0.25) is 0 Å². The Labute approximate surface area is 140 Å². The van der Waals surface area contributed by atoms with Crippen LogP contribution in [0.15, 0.2) is 30.3 Å². The Morgan fingerprint density at radius 2 is 1.92 bits per heavy atom. The van der Waals surface area contributed by atoms with E-state index in [-0.39, 0.29) is 11.8 Å². The fourth-order valence-corrected chi connectivity index (χ4v) is 2.78. The Bertz CT molecular complexity index is 725. The topological polar surface area (TPSA) is 92.4 Å². The van der Waals surface area contributed by atoms with Crippen molar-refractivity contribution in [3.8, 4) is 11.4 Å². The van der Waals surface area contributed by atoms with Crippen molar-refractivity contribution >= 4 is 11.5 Å². The summed E-state index contributed by atoms with van der Waals surface area (Å²) in [5, 5.41) is 20.4. The maximum absolute atomic E-state index is 10.8. The van der Waals surface area contributed by atoms with Crippen LogP contribution in [0.5, 0.6) is 0 Å². The number of aliphatic hydroxyl groups is 1. The predicted octanol–water partition coefficient (Wildman–Crippen LogP) is 2.58. The molecule has 7 nitrogen and oxygen atoms in total. The lowest BCUT2D eigenvalue weighted by molar-refractivity contribution is -0.384. The van der Waals surface area contributed by atoms with Gasteiger partial charge >= 0.3 is 0 Å². The van der Waals surface area contributed by atoms with Gasteiger partial charge in [0.1, 0.15) is 5.82 Å². The summed E-state index contributed by atoms with van der Waals surface area (Å²) in [6.07, 6.45) is 2.02. The van der Waals surface area contributed by atoms with E-state index in [2.05, 4.69) is 14.9 Å². The van der Waals surface area contributed by atoms with Crippen LogP contribution in [0.1, 0.15) is 25.5 Å². The Morgan fingerprint density at radius 1 is 1.25 bits per heavy atom. The standard InChI is InChI=1S/C17H20N4O3/c1-2-13-11-16(20-9-7-15(22)8-10-20)19-17(18-13)12-3-5-14(6-4-12)21(23)24/h3-6,11,15,22H,2,7-10H2,1H3. The van der Waals surface area contributed by atoms with E-state index >= 15 is 0 Å². The molecule has 7 heteroatoms. The van der Waals surface area contributed by atoms with Crippen molar-refractivity contribution in [2.24, 2.45) is 0 Å². The van der Waals surface area contributed by atoms with Crippen LogP contribution >= 0.6 is 0 Å². The van der Waals surface area contributed by atoms with E-state index in [1.165, 1.54) is 12.1 Å². The van der Waals surface area contributed by atoms with Crippen molar-refractivity contribution in [1.29, 1.82) is 0 Å². The van der Waals surface area contributed by atoms with Crippen molar-refractivity contribution in [3.63, 3.8) is 0 Å². The molecule has 2 heterocycles. The molecule has 1 aromatic heterocycles. The second-order valence-corrected chi connectivity index (χ2v) is 5.92. The number of nitrogens with zero attached hydrogens (tertiary/aromatic N) is 4. The summed E-state index contributed by atoms with van der Waals surface area (Å²) in [6.45, 7) is 3.56. The van der Waals surface area contributed by atoms with Gasteiger partial charge in [0.05, 0.1) is 11.0 Å². The summed E-state index contributed by atoms with van der Waals surface area (Å²) in [5.41, 5.74) is 1.74. The first-order chi connectivity index (χ1) is 11.6. The molecule has 1 saturated heterocycles. The van der Waals surface area contributed by atoms with Gasteiger partial charge in [-0.2, -0.15) is 0 Å². The first-order valence-corrected chi connectivity index (χ1v) is 8.12. The highest BCUT2D eigenvalue weighted by atomic mass is 16.6. The van der Waals surface area contributed by atoms with Gasteiger partial charge in [-0.3, -0.25) is 10.1 Å². The highest BCUT2D eigenvalue weighted by Gasteiger charge is 2.19. The summed E-state index contributed by atoms with van der Waals surface area (Å²) in [4.78, 5) is 21.7. The van der Waals surface area contributed by atoms with Crippen LogP contribution in [0, 0.1) is 10.1 Å². The zero-order chi connectivity index (χ0) is 17.1. The van der Waals surface area contributed by atoms with Gasteiger partial charge in [0.25, 0.3) is 5.69 Å². The van der Waals surface area contributed by atoms with Gasteiger partial charge in [0.2, 0.25) is 0 Å². The van der Waals surface area contributed by atoms with Crippen molar-refractivity contribution < 1.29 is 10.0 Å². The highest BCUT2D eigenvalue weighted by Crippen LogP contribution is 2.24. The zero-order valence-corrected chi connectivity index (χ0v) is 13.6. The van der Waals surface area contributed by atoms with Crippen LogP contribution in [-0.2, 0) is 6.42 Å². The third-order valence-corrected chi connectivity index (χ3v) is 4.25. The Morgan fingerprint density at radius 3 is 2.50 bits per heavy atom. The molecule has 0 aliphatic carbocycles. The molecule has 0 unspecified atom stereocenters. The van der Waals surface area contributed by atoms with Gasteiger partial charge in [-0.25, -0.2) is 9.97 Å². The number of rotatable bonds is 4. The summed E-state index contributed by atoms with van der Waals surface area (Å²) in [7, 11) is 0. The summed E-state index contributed by atoms with van der Waals surface area (Å²) in [6, 6.07) is 8.27. The van der Waals surface area contributed by atoms with Crippen molar-refractivity contribution in [1.82, 2.24) is 9.97 Å². The van der Waals surface area contributed by atoms with Crippen molar-refractivity contribution in [3.05, 3.63) is 46.1 Å². The van der Waals surface area contributed by atoms with E-state index in [0.29, 0.717) is 5.82 Å². The molecule has 0 spiro atoms. The van der Waals surface area contributed by atoms with E-state index in [1.54, 1.807) is 12.1 Å². The molecule has 2 aromatic rings. The number of hydrogen-bond acceptors (Lipinski definition) is 6. The van der Waals surface area contributed by atoms with E-state index in [0.717, 1.165) is 49.4 Å². The van der Waals surface area contributed by atoms with E-state index in [9.17, 15) is 15.2 Å². The minimum Gasteiger partial charge on any atom is -0.393 e. The van der Waals surface area contributed by atoms with Crippen LogP contribution in [0.25, 0.3) is 11.4 Å². The number of nitro benzene ring substituents is 1. The van der Waals surface area contributed by atoms with Crippen molar-refractivity contribution in [2.75, 3.05) is 18.0 Å². The second kappa shape index (κ2) is 6.92. The lowest BCUT2D eigenvalue weighted by Gasteiger charge is -2.30. The number of nitro groups is 1. The normalized spacial score (nSPS) is 15.5. The molecule has 0 bridgehead atoms. The van der Waals surface area contributed by atoms with Gasteiger partial charge in [0.15, 0.2) is 5.82 Å². The fraction of sp³-hybridized carbons (Fsp3) is 0.412. The molecule has 3 rings (SSSR count). The first-order valence-electron chi connectivity index (χ1n) is 8.12. The number of anilines is 1. The lowest BCUT2D eigenvalue weighted by atomic mass is 10.1. The van der Waals surface area contributed by atoms with E-state index < -0.39 is 4.92 Å². The third kappa shape index (κ3) is 3.51. The summed E-state index contributed by atoms with van der Waals surface area (Å²) < 4.78 is 0. The van der Waals surface area contributed by atoms with Crippen LogP contribution in [0.4, 0.5) is 11.5 Å². The number of aliphatic hydroxyl groups excluding tert-OH is 1. The first kappa shape index (κ1) is 16.3. The maximum atomic E-state index is 10.8. The number of benzene rings is 1. The lowest BCUT2D eigenvalue weighted by Crippen LogP contribution is -2.36. The molecule has 0 atom stereocenters. The average molecular weight is 328 g/mol. The van der Waals surface area contributed by atoms with Crippen LogP contribution in [0.3, 0.4) is 0 Å². The molecular weight excluding hydrogens is 308 g/mol. The third-order valence-electron chi connectivity index (χ3n) is 4.25. The molecule has 1 fully saturated rings. The molecular formula is C17H20N4O3. The highest BCUT2D eigenvalue weighted by molar-refractivity contribution is 5.60. The number of aryl methyl sites for hydroxylation is 1. The van der Waals surface area contributed by atoms with Gasteiger partial charge in [-0.1, -0.05) is 6.92 Å². The molecule has 0 amide bonds. The number of non-ortho nitro benzene ring substituents is 1. The summed E-state index contributed by atoms with van der Waals surface area (Å²) in [5.74, 6) is 1.42. The monoisotopic (exact) mass is 328 g/mol. The smallest absolute Gasteiger partial charge is 0.269 e. The molecule has 0 radical (unpaired) electrons. The molecule has 1 aliphatic rings. The Hall–Kier alpha value is -2.54. The van der Waals surface area contributed by atoms with Crippen molar-refractivity contribution in [2.45, 2.75) is 32.3 Å². The molecule has 24 heavy (non-hydrogen) atoms.